The molecule has 0 aliphatic rings. The van der Waals surface area contributed by atoms with Gasteiger partial charge in [0.25, 0.3) is 0 Å². The second-order valence-electron chi connectivity index (χ2n) is 3.49. The Morgan fingerprint density at radius 2 is 2.29 bits per heavy atom. The van der Waals surface area contributed by atoms with Gasteiger partial charge in [0, 0.05) is 12.6 Å². The van der Waals surface area contributed by atoms with Gasteiger partial charge in [0.15, 0.2) is 0 Å². The van der Waals surface area contributed by atoms with Crippen molar-refractivity contribution in [3.8, 4) is 17.6 Å². The lowest BCUT2D eigenvalue weighted by Crippen LogP contribution is -2.28. The molecule has 1 aromatic rings. The van der Waals surface area contributed by atoms with Gasteiger partial charge in [-0.1, -0.05) is 12.0 Å². The summed E-state index contributed by atoms with van der Waals surface area (Å²) in [5, 5.41) is 3.29. The summed E-state index contributed by atoms with van der Waals surface area (Å²) in [5.41, 5.74) is 6.87. The van der Waals surface area contributed by atoms with Gasteiger partial charge in [-0.25, -0.2) is 0 Å². The molecule has 0 aromatic heterocycles. The standard InChI is InChI=1S/C13H17BrN2O/c1-3-4-7-16-12(9-15)10-5-6-13(17-2)11(14)8-10/h5-6,8,12,16H,7,9,15H2,1-2H3. The van der Waals surface area contributed by atoms with Crippen molar-refractivity contribution in [1.82, 2.24) is 5.32 Å². The molecule has 0 bridgehead atoms. The van der Waals surface area contributed by atoms with Gasteiger partial charge in [-0.2, -0.15) is 0 Å². The predicted octanol–water partition coefficient (Wildman–Crippen LogP) is 2.07. The third-order valence-corrected chi connectivity index (χ3v) is 3.05. The summed E-state index contributed by atoms with van der Waals surface area (Å²) in [6, 6.07) is 6.06. The molecule has 17 heavy (non-hydrogen) atoms. The van der Waals surface area contributed by atoms with Crippen LogP contribution in [0, 0.1) is 11.8 Å². The van der Waals surface area contributed by atoms with Crippen LogP contribution in [0.2, 0.25) is 0 Å². The van der Waals surface area contributed by atoms with E-state index < -0.39 is 0 Å². The molecule has 0 saturated carbocycles. The molecule has 4 heteroatoms. The minimum Gasteiger partial charge on any atom is -0.496 e. The van der Waals surface area contributed by atoms with Crippen LogP contribution < -0.4 is 15.8 Å². The Hall–Kier alpha value is -1.02. The zero-order valence-electron chi connectivity index (χ0n) is 10.1. The summed E-state index contributed by atoms with van der Waals surface area (Å²) in [6.07, 6.45) is 0. The molecular formula is C13H17BrN2O. The first-order chi connectivity index (χ1) is 8.22. The van der Waals surface area contributed by atoms with Crippen molar-refractivity contribution in [3.63, 3.8) is 0 Å². The van der Waals surface area contributed by atoms with E-state index in [0.717, 1.165) is 15.8 Å². The molecular weight excluding hydrogens is 280 g/mol. The van der Waals surface area contributed by atoms with Gasteiger partial charge in [0.1, 0.15) is 5.75 Å². The maximum atomic E-state index is 5.75. The van der Waals surface area contributed by atoms with Crippen LogP contribution in [0.4, 0.5) is 0 Å². The zero-order chi connectivity index (χ0) is 12.7. The maximum Gasteiger partial charge on any atom is 0.133 e. The fraction of sp³-hybridized carbons (Fsp3) is 0.385. The number of halogens is 1. The van der Waals surface area contributed by atoms with Crippen LogP contribution in [0.25, 0.3) is 0 Å². The summed E-state index contributed by atoms with van der Waals surface area (Å²) in [6.45, 7) is 3.00. The van der Waals surface area contributed by atoms with Crippen molar-refractivity contribution in [2.45, 2.75) is 13.0 Å². The van der Waals surface area contributed by atoms with E-state index in [1.165, 1.54) is 0 Å². The van der Waals surface area contributed by atoms with Gasteiger partial charge >= 0.3 is 0 Å². The second kappa shape index (κ2) is 7.33. The van der Waals surface area contributed by atoms with Crippen molar-refractivity contribution in [3.05, 3.63) is 28.2 Å². The number of hydrogen-bond acceptors (Lipinski definition) is 3. The summed E-state index contributed by atoms with van der Waals surface area (Å²) in [5.74, 6) is 6.63. The molecule has 0 aliphatic carbocycles. The number of rotatable bonds is 5. The van der Waals surface area contributed by atoms with Gasteiger partial charge in [-0.15, -0.1) is 5.92 Å². The normalized spacial score (nSPS) is 11.5. The molecule has 0 amide bonds. The number of nitrogens with one attached hydrogen (secondary N) is 1. The lowest BCUT2D eigenvalue weighted by atomic mass is 10.1. The lowest BCUT2D eigenvalue weighted by Gasteiger charge is -2.16. The summed E-state index contributed by atoms with van der Waals surface area (Å²) < 4.78 is 6.12. The lowest BCUT2D eigenvalue weighted by molar-refractivity contribution is 0.411. The van der Waals surface area contributed by atoms with E-state index in [9.17, 15) is 0 Å². The Morgan fingerprint density at radius 3 is 2.82 bits per heavy atom. The minimum absolute atomic E-state index is 0.109. The molecule has 1 aromatic carbocycles. The Bertz CT molecular complexity index is 423. The first kappa shape index (κ1) is 14.0. The van der Waals surface area contributed by atoms with Crippen LogP contribution >= 0.6 is 15.9 Å². The zero-order valence-corrected chi connectivity index (χ0v) is 11.7. The van der Waals surface area contributed by atoms with E-state index >= 15 is 0 Å². The van der Waals surface area contributed by atoms with Gasteiger partial charge in [0.2, 0.25) is 0 Å². The quantitative estimate of drug-likeness (QED) is 0.818. The highest BCUT2D eigenvalue weighted by Gasteiger charge is 2.10. The molecule has 0 saturated heterocycles. The highest BCUT2D eigenvalue weighted by atomic mass is 79.9. The Labute approximate surface area is 111 Å². The Morgan fingerprint density at radius 1 is 1.53 bits per heavy atom. The second-order valence-corrected chi connectivity index (χ2v) is 4.34. The third-order valence-electron chi connectivity index (χ3n) is 2.43. The fourth-order valence-corrected chi connectivity index (χ4v) is 2.06. The van der Waals surface area contributed by atoms with Crippen LogP contribution in [0.15, 0.2) is 22.7 Å². The van der Waals surface area contributed by atoms with Gasteiger partial charge in [0.05, 0.1) is 18.1 Å². The van der Waals surface area contributed by atoms with Crippen LogP contribution in [0.5, 0.6) is 5.75 Å². The molecule has 3 N–H and O–H groups in total. The first-order valence-electron chi connectivity index (χ1n) is 5.39. The van der Waals surface area contributed by atoms with Crippen LogP contribution in [0.1, 0.15) is 18.5 Å². The van der Waals surface area contributed by atoms with E-state index in [2.05, 4.69) is 33.1 Å². The van der Waals surface area contributed by atoms with Gasteiger partial charge in [-0.3, -0.25) is 5.32 Å². The van der Waals surface area contributed by atoms with Crippen molar-refractivity contribution in [2.75, 3.05) is 20.2 Å². The minimum atomic E-state index is 0.109. The largest absolute Gasteiger partial charge is 0.496 e. The van der Waals surface area contributed by atoms with E-state index in [0.29, 0.717) is 13.1 Å². The van der Waals surface area contributed by atoms with Crippen molar-refractivity contribution in [2.24, 2.45) is 5.73 Å². The van der Waals surface area contributed by atoms with Crippen molar-refractivity contribution >= 4 is 15.9 Å². The molecule has 0 radical (unpaired) electrons. The fourth-order valence-electron chi connectivity index (χ4n) is 1.50. The number of hydrogen-bond donors (Lipinski definition) is 2. The molecule has 1 atom stereocenters. The van der Waals surface area contributed by atoms with Gasteiger partial charge in [-0.05, 0) is 40.5 Å². The predicted molar refractivity (Wildman–Crippen MR) is 73.9 cm³/mol. The molecule has 0 spiro atoms. The molecule has 1 rings (SSSR count). The molecule has 0 heterocycles. The van der Waals surface area contributed by atoms with Crippen LogP contribution in [0.3, 0.4) is 0 Å². The van der Waals surface area contributed by atoms with E-state index in [-0.39, 0.29) is 6.04 Å². The Balaban J connectivity index is 2.80. The average Bonchev–Trinajstić information content (AvgIpc) is 2.35. The van der Waals surface area contributed by atoms with Crippen LogP contribution in [-0.2, 0) is 0 Å². The summed E-state index contributed by atoms with van der Waals surface area (Å²) >= 11 is 3.47. The molecule has 0 fully saturated rings. The van der Waals surface area contributed by atoms with Crippen molar-refractivity contribution < 1.29 is 4.74 Å². The molecule has 1 unspecified atom stereocenters. The molecule has 3 nitrogen and oxygen atoms in total. The summed E-state index contributed by atoms with van der Waals surface area (Å²) in [7, 11) is 1.65. The third kappa shape index (κ3) is 4.04. The first-order valence-corrected chi connectivity index (χ1v) is 6.18. The van der Waals surface area contributed by atoms with Crippen LogP contribution in [-0.4, -0.2) is 20.2 Å². The highest BCUT2D eigenvalue weighted by Crippen LogP contribution is 2.27. The van der Waals surface area contributed by atoms with E-state index in [1.54, 1.807) is 7.11 Å². The van der Waals surface area contributed by atoms with Crippen molar-refractivity contribution in [1.29, 1.82) is 0 Å². The number of benzene rings is 1. The number of nitrogens with two attached hydrogens (primary N) is 1. The number of methoxy groups -OCH3 is 1. The summed E-state index contributed by atoms with van der Waals surface area (Å²) in [4.78, 5) is 0. The maximum absolute atomic E-state index is 5.75. The highest BCUT2D eigenvalue weighted by molar-refractivity contribution is 9.10. The van der Waals surface area contributed by atoms with Gasteiger partial charge < -0.3 is 10.5 Å². The van der Waals surface area contributed by atoms with E-state index in [4.69, 9.17) is 10.5 Å². The average molecular weight is 297 g/mol. The SMILES string of the molecule is CC#CCNC(CN)c1ccc(OC)c(Br)c1. The molecule has 0 aliphatic heterocycles. The monoisotopic (exact) mass is 296 g/mol. The smallest absolute Gasteiger partial charge is 0.133 e. The topological polar surface area (TPSA) is 47.3 Å². The van der Waals surface area contributed by atoms with E-state index in [1.807, 2.05) is 25.1 Å². The molecule has 92 valence electrons. The Kier molecular flexibility index (Phi) is 6.06. The number of ether oxygens (including phenoxy) is 1.